The van der Waals surface area contributed by atoms with Gasteiger partial charge in [-0.25, -0.2) is 10.1 Å². The van der Waals surface area contributed by atoms with Crippen molar-refractivity contribution in [3.8, 4) is 5.69 Å². The molecule has 3 aromatic rings. The predicted octanol–water partition coefficient (Wildman–Crippen LogP) is 4.50. The van der Waals surface area contributed by atoms with E-state index in [-0.39, 0.29) is 11.3 Å². The molecular weight excluding hydrogens is 398 g/mol. The van der Waals surface area contributed by atoms with Crippen LogP contribution in [0.25, 0.3) is 5.69 Å². The third kappa shape index (κ3) is 3.44. The van der Waals surface area contributed by atoms with Gasteiger partial charge in [0.05, 0.1) is 23.2 Å². The highest BCUT2D eigenvalue weighted by Crippen LogP contribution is 2.60. The van der Waals surface area contributed by atoms with Crippen LogP contribution in [0.15, 0.2) is 66.2 Å². The fourth-order valence-electron chi connectivity index (χ4n) is 6.73. The quantitative estimate of drug-likeness (QED) is 0.483. The summed E-state index contributed by atoms with van der Waals surface area (Å²) in [5, 5.41) is 9.44. The molecule has 0 saturated heterocycles. The lowest BCUT2D eigenvalue weighted by Crippen LogP contribution is -2.49. The number of benzene rings is 1. The van der Waals surface area contributed by atoms with Gasteiger partial charge in [-0.15, -0.1) is 0 Å². The van der Waals surface area contributed by atoms with E-state index in [4.69, 9.17) is 5.10 Å². The van der Waals surface area contributed by atoms with Gasteiger partial charge in [0, 0.05) is 29.6 Å². The summed E-state index contributed by atoms with van der Waals surface area (Å²) in [7, 11) is 0. The van der Waals surface area contributed by atoms with E-state index in [1.165, 1.54) is 38.5 Å². The van der Waals surface area contributed by atoms with Gasteiger partial charge in [-0.3, -0.25) is 9.78 Å². The first-order valence-corrected chi connectivity index (χ1v) is 11.6. The van der Waals surface area contributed by atoms with Crippen LogP contribution in [0.5, 0.6) is 0 Å². The van der Waals surface area contributed by atoms with E-state index in [0.717, 1.165) is 34.7 Å². The van der Waals surface area contributed by atoms with E-state index in [0.29, 0.717) is 5.56 Å². The Bertz CT molecular complexity index is 1120. The molecule has 0 spiro atoms. The predicted molar refractivity (Wildman–Crippen MR) is 123 cm³/mol. The van der Waals surface area contributed by atoms with E-state index in [1.54, 1.807) is 30.7 Å². The highest BCUT2D eigenvalue weighted by Gasteiger charge is 2.53. The molecule has 162 valence electrons. The fraction of sp³-hybridized carbons (Fsp3) is 0.385. The largest absolute Gasteiger partial charge is 0.272 e. The topological polar surface area (TPSA) is 72.2 Å². The van der Waals surface area contributed by atoms with Gasteiger partial charge in [0.1, 0.15) is 0 Å². The average Bonchev–Trinajstić information content (AvgIpc) is 3.24. The third-order valence-electron chi connectivity index (χ3n) is 7.60. The Hall–Kier alpha value is -3.28. The van der Waals surface area contributed by atoms with Crippen LogP contribution in [0, 0.1) is 17.8 Å². The van der Waals surface area contributed by atoms with Crippen molar-refractivity contribution in [1.82, 2.24) is 20.2 Å². The maximum absolute atomic E-state index is 12.4. The number of aromatic nitrogens is 3. The van der Waals surface area contributed by atoms with Crippen LogP contribution < -0.4 is 5.43 Å². The molecule has 1 amide bonds. The van der Waals surface area contributed by atoms with Crippen LogP contribution in [-0.2, 0) is 5.41 Å². The van der Waals surface area contributed by atoms with Crippen LogP contribution in [-0.4, -0.2) is 26.9 Å². The molecule has 0 atom stereocenters. The van der Waals surface area contributed by atoms with Gasteiger partial charge < -0.3 is 0 Å². The average molecular weight is 426 g/mol. The number of para-hydroxylation sites is 1. The van der Waals surface area contributed by atoms with Crippen molar-refractivity contribution in [3.05, 3.63) is 77.9 Å². The number of carbonyl (C=O) groups excluding carboxylic acids is 1. The van der Waals surface area contributed by atoms with Gasteiger partial charge in [0.2, 0.25) is 0 Å². The minimum atomic E-state index is -0.263. The number of pyridine rings is 1. The zero-order valence-corrected chi connectivity index (χ0v) is 18.0. The van der Waals surface area contributed by atoms with Gasteiger partial charge in [0.15, 0.2) is 0 Å². The van der Waals surface area contributed by atoms with Gasteiger partial charge in [-0.05, 0) is 80.5 Å². The lowest BCUT2D eigenvalue weighted by atomic mass is 9.48. The van der Waals surface area contributed by atoms with Crippen LogP contribution in [0.4, 0.5) is 0 Å². The Balaban J connectivity index is 1.34. The maximum atomic E-state index is 12.4. The normalized spacial score (nSPS) is 28.3. The molecule has 7 rings (SSSR count). The molecule has 6 nitrogen and oxygen atoms in total. The molecule has 32 heavy (non-hydrogen) atoms. The van der Waals surface area contributed by atoms with Gasteiger partial charge in [-0.1, -0.05) is 18.2 Å². The smallest absolute Gasteiger partial charge is 0.267 e. The number of nitrogens with one attached hydrogen (secondary N) is 1. The van der Waals surface area contributed by atoms with Crippen LogP contribution >= 0.6 is 0 Å². The number of hydrogen-bond acceptors (Lipinski definition) is 4. The second kappa shape index (κ2) is 7.69. The van der Waals surface area contributed by atoms with Crippen molar-refractivity contribution in [2.75, 3.05) is 0 Å². The maximum Gasteiger partial charge on any atom is 0.272 e. The van der Waals surface area contributed by atoms with Crippen LogP contribution in [0.3, 0.4) is 0 Å². The molecule has 4 fully saturated rings. The molecule has 4 bridgehead atoms. The molecule has 6 heteroatoms. The molecule has 2 heterocycles. The minimum Gasteiger partial charge on any atom is -0.267 e. The van der Waals surface area contributed by atoms with Crippen LogP contribution in [0.1, 0.15) is 60.1 Å². The van der Waals surface area contributed by atoms with E-state index >= 15 is 0 Å². The van der Waals surface area contributed by atoms with Gasteiger partial charge in [-0.2, -0.15) is 10.2 Å². The highest BCUT2D eigenvalue weighted by molar-refractivity contribution is 5.94. The van der Waals surface area contributed by atoms with E-state index in [2.05, 4.69) is 33.8 Å². The van der Waals surface area contributed by atoms with Crippen LogP contribution in [0.2, 0.25) is 0 Å². The molecule has 0 aliphatic heterocycles. The summed E-state index contributed by atoms with van der Waals surface area (Å²) < 4.78 is 1.97. The molecule has 4 aliphatic carbocycles. The fourth-order valence-corrected chi connectivity index (χ4v) is 6.73. The van der Waals surface area contributed by atoms with Crippen molar-refractivity contribution < 1.29 is 4.79 Å². The Kier molecular flexibility index (Phi) is 4.67. The Labute approximate surface area is 187 Å². The van der Waals surface area contributed by atoms with Crippen molar-refractivity contribution in [3.63, 3.8) is 0 Å². The number of hydrogen-bond donors (Lipinski definition) is 1. The lowest BCUT2D eigenvalue weighted by molar-refractivity contribution is -0.00739. The van der Waals surface area contributed by atoms with E-state index < -0.39 is 0 Å². The van der Waals surface area contributed by atoms with Gasteiger partial charge in [0.25, 0.3) is 5.91 Å². The molecule has 0 unspecified atom stereocenters. The van der Waals surface area contributed by atoms with Crippen molar-refractivity contribution in [2.45, 2.75) is 43.9 Å². The van der Waals surface area contributed by atoms with E-state index in [9.17, 15) is 4.79 Å². The Morgan fingerprint density at radius 2 is 1.75 bits per heavy atom. The second-order valence-corrected chi connectivity index (χ2v) is 9.85. The number of amides is 1. The minimum absolute atomic E-state index is 0.142. The number of rotatable bonds is 5. The van der Waals surface area contributed by atoms with E-state index in [1.807, 2.05) is 22.9 Å². The molecule has 4 saturated carbocycles. The van der Waals surface area contributed by atoms with Crippen molar-refractivity contribution in [1.29, 1.82) is 0 Å². The Morgan fingerprint density at radius 1 is 1.03 bits per heavy atom. The standard InChI is InChI=1S/C26H27N5O/c32-25(21-5-4-8-27-15-21)29-28-16-22-17-31(23-6-2-1-3-7-23)30-24(22)26-12-18-9-19(13-26)11-20(10-18)14-26/h1-8,15-20H,9-14H2,(H,29,32). The monoisotopic (exact) mass is 425 g/mol. The summed E-state index contributed by atoms with van der Waals surface area (Å²) in [5.74, 6) is 2.23. The third-order valence-corrected chi connectivity index (χ3v) is 7.60. The zero-order valence-electron chi connectivity index (χ0n) is 18.0. The molecule has 0 radical (unpaired) electrons. The van der Waals surface area contributed by atoms with Gasteiger partial charge >= 0.3 is 0 Å². The molecule has 2 aromatic heterocycles. The summed E-state index contributed by atoms with van der Waals surface area (Å²) in [6.45, 7) is 0. The molecule has 4 aliphatic rings. The first kappa shape index (κ1) is 19.4. The summed E-state index contributed by atoms with van der Waals surface area (Å²) in [6, 6.07) is 13.7. The molecular formula is C26H27N5O. The first-order valence-electron chi connectivity index (χ1n) is 11.6. The van der Waals surface area contributed by atoms with Crippen molar-refractivity contribution in [2.24, 2.45) is 22.9 Å². The summed E-state index contributed by atoms with van der Waals surface area (Å²) >= 11 is 0. The number of nitrogens with zero attached hydrogens (tertiary/aromatic N) is 4. The molecule has 1 aromatic carbocycles. The summed E-state index contributed by atoms with van der Waals surface area (Å²) in [5.41, 5.74) is 6.48. The highest BCUT2D eigenvalue weighted by atomic mass is 16.2. The Morgan fingerprint density at radius 3 is 2.41 bits per heavy atom. The summed E-state index contributed by atoms with van der Waals surface area (Å²) in [4.78, 5) is 16.4. The lowest BCUT2D eigenvalue weighted by Gasteiger charge is -2.56. The number of hydrazone groups is 1. The molecule has 1 N–H and O–H groups in total. The summed E-state index contributed by atoms with van der Waals surface area (Å²) in [6.07, 6.45) is 14.9. The second-order valence-electron chi connectivity index (χ2n) is 9.85. The SMILES string of the molecule is O=C(NN=Cc1cn(-c2ccccc2)nc1C12CC3CC(CC(C3)C1)C2)c1cccnc1. The first-order chi connectivity index (χ1) is 15.7. The zero-order chi connectivity index (χ0) is 21.5. The number of carbonyl (C=O) groups is 1. The van der Waals surface area contributed by atoms with Crippen molar-refractivity contribution >= 4 is 12.1 Å².